The molecule has 0 heterocycles. The molecule has 22 heavy (non-hydrogen) atoms. The number of hydrazone groups is 1. The molecule has 2 aromatic rings. The molecule has 2 aromatic carbocycles. The number of methoxy groups -OCH3 is 1. The van der Waals surface area contributed by atoms with Crippen LogP contribution in [0.2, 0.25) is 5.02 Å². The van der Waals surface area contributed by atoms with Gasteiger partial charge in [0.2, 0.25) is 0 Å². The quantitative estimate of drug-likeness (QED) is 0.470. The van der Waals surface area contributed by atoms with E-state index in [1.165, 1.54) is 18.0 Å². The molecule has 0 unspecified atom stereocenters. The van der Waals surface area contributed by atoms with E-state index in [4.69, 9.17) is 16.3 Å². The summed E-state index contributed by atoms with van der Waals surface area (Å²) >= 11 is 7.31. The summed E-state index contributed by atoms with van der Waals surface area (Å²) in [4.78, 5) is 12.7. The Bertz CT molecular complexity index is 659. The Morgan fingerprint density at radius 3 is 2.77 bits per heavy atom. The van der Waals surface area contributed by atoms with Crippen molar-refractivity contribution in [2.75, 3.05) is 18.3 Å². The van der Waals surface area contributed by atoms with Crippen molar-refractivity contribution >= 4 is 41.0 Å². The number of carbonyl (C=O) groups excluding carboxylic acids is 1. The Hall–Kier alpha value is -1.98. The number of halogens is 1. The van der Waals surface area contributed by atoms with E-state index in [2.05, 4.69) is 10.5 Å². The summed E-state index contributed by atoms with van der Waals surface area (Å²) in [6, 6.07) is 14.7. The maximum Gasteiger partial charge on any atom is 0.185 e. The van der Waals surface area contributed by atoms with Gasteiger partial charge in [-0.3, -0.25) is 10.2 Å². The Labute approximate surface area is 138 Å². The molecule has 0 saturated heterocycles. The van der Waals surface area contributed by atoms with Crippen molar-refractivity contribution < 1.29 is 9.53 Å². The smallest absolute Gasteiger partial charge is 0.185 e. The highest BCUT2D eigenvalue weighted by Crippen LogP contribution is 2.21. The van der Waals surface area contributed by atoms with Crippen molar-refractivity contribution in [2.45, 2.75) is 4.90 Å². The van der Waals surface area contributed by atoms with Crippen LogP contribution < -0.4 is 10.2 Å². The van der Waals surface area contributed by atoms with E-state index in [0.29, 0.717) is 10.8 Å². The van der Waals surface area contributed by atoms with Crippen LogP contribution in [0.15, 0.2) is 58.5 Å². The van der Waals surface area contributed by atoms with Gasteiger partial charge in [-0.2, -0.15) is 5.10 Å². The maximum absolute atomic E-state index is 11.7. The summed E-state index contributed by atoms with van der Waals surface area (Å²) in [5, 5.41) is 4.58. The number of rotatable bonds is 7. The second-order valence-electron chi connectivity index (χ2n) is 4.31. The average molecular weight is 335 g/mol. The third kappa shape index (κ3) is 5.42. The lowest BCUT2D eigenvalue weighted by Gasteiger charge is -2.02. The molecule has 0 atom stereocenters. The van der Waals surface area contributed by atoms with Crippen LogP contribution in [0.1, 0.15) is 0 Å². The van der Waals surface area contributed by atoms with Gasteiger partial charge in [0, 0.05) is 9.92 Å². The van der Waals surface area contributed by atoms with Crippen LogP contribution in [0.25, 0.3) is 0 Å². The lowest BCUT2D eigenvalue weighted by atomic mass is 10.3. The van der Waals surface area contributed by atoms with Crippen molar-refractivity contribution in [2.24, 2.45) is 5.10 Å². The fourth-order valence-electron chi connectivity index (χ4n) is 1.59. The number of Topliss-reactive ketones (excluding diaryl/α,β-unsaturated/α-hetero) is 1. The molecule has 0 saturated carbocycles. The van der Waals surface area contributed by atoms with E-state index in [-0.39, 0.29) is 5.78 Å². The molecule has 0 aliphatic carbocycles. The summed E-state index contributed by atoms with van der Waals surface area (Å²) in [6.45, 7) is 0. The number of ketones is 1. The second-order valence-corrected chi connectivity index (χ2v) is 5.80. The van der Waals surface area contributed by atoms with Gasteiger partial charge >= 0.3 is 0 Å². The number of benzene rings is 2. The van der Waals surface area contributed by atoms with Crippen LogP contribution in [0.4, 0.5) is 5.69 Å². The van der Waals surface area contributed by atoms with Crippen LogP contribution in [0, 0.1) is 0 Å². The van der Waals surface area contributed by atoms with Crippen LogP contribution in [-0.4, -0.2) is 24.9 Å². The molecular weight excluding hydrogens is 320 g/mol. The Morgan fingerprint density at radius 2 is 2.09 bits per heavy atom. The molecular formula is C16H15ClN2O2S. The van der Waals surface area contributed by atoms with E-state index in [9.17, 15) is 4.79 Å². The van der Waals surface area contributed by atoms with Gasteiger partial charge in [-0.15, -0.1) is 11.8 Å². The highest BCUT2D eigenvalue weighted by Gasteiger charge is 2.01. The number of hydrogen-bond acceptors (Lipinski definition) is 5. The van der Waals surface area contributed by atoms with Gasteiger partial charge < -0.3 is 4.74 Å². The molecule has 1 N–H and O–H groups in total. The van der Waals surface area contributed by atoms with Gasteiger partial charge in [-0.05, 0) is 42.5 Å². The molecule has 0 fully saturated rings. The summed E-state index contributed by atoms with van der Waals surface area (Å²) in [7, 11) is 1.61. The first kappa shape index (κ1) is 16.4. The summed E-state index contributed by atoms with van der Waals surface area (Å²) in [6.07, 6.45) is 1.28. The Kier molecular flexibility index (Phi) is 6.30. The fourth-order valence-corrected chi connectivity index (χ4v) is 2.62. The van der Waals surface area contributed by atoms with E-state index in [1.807, 2.05) is 42.5 Å². The Morgan fingerprint density at radius 1 is 1.32 bits per heavy atom. The predicted molar refractivity (Wildman–Crippen MR) is 92.3 cm³/mol. The highest BCUT2D eigenvalue weighted by molar-refractivity contribution is 8.00. The fraction of sp³-hybridized carbons (Fsp3) is 0.125. The lowest BCUT2D eigenvalue weighted by Crippen LogP contribution is -2.04. The zero-order valence-electron chi connectivity index (χ0n) is 12.0. The summed E-state index contributed by atoms with van der Waals surface area (Å²) in [5.74, 6) is 1.00. The molecule has 2 rings (SSSR count). The normalized spacial score (nSPS) is 10.6. The van der Waals surface area contributed by atoms with Crippen LogP contribution >= 0.6 is 23.4 Å². The molecule has 0 amide bonds. The van der Waals surface area contributed by atoms with Gasteiger partial charge in [0.25, 0.3) is 0 Å². The minimum atomic E-state index is -0.0778. The number of anilines is 1. The molecule has 6 heteroatoms. The number of nitrogens with one attached hydrogen (secondary N) is 1. The highest BCUT2D eigenvalue weighted by atomic mass is 35.5. The van der Waals surface area contributed by atoms with Crippen molar-refractivity contribution in [3.63, 3.8) is 0 Å². The molecule has 0 aliphatic heterocycles. The first-order valence-electron chi connectivity index (χ1n) is 6.52. The Balaban J connectivity index is 1.78. The first-order chi connectivity index (χ1) is 10.7. The largest absolute Gasteiger partial charge is 0.497 e. The van der Waals surface area contributed by atoms with E-state index >= 15 is 0 Å². The first-order valence-corrected chi connectivity index (χ1v) is 7.88. The third-order valence-electron chi connectivity index (χ3n) is 2.67. The molecule has 114 valence electrons. The van der Waals surface area contributed by atoms with Crippen LogP contribution in [0.5, 0.6) is 5.75 Å². The maximum atomic E-state index is 11.7. The van der Waals surface area contributed by atoms with E-state index in [0.717, 1.165) is 16.3 Å². The molecule has 0 radical (unpaired) electrons. The zero-order valence-corrected chi connectivity index (χ0v) is 13.5. The number of hydrogen-bond donors (Lipinski definition) is 1. The average Bonchev–Trinajstić information content (AvgIpc) is 2.54. The van der Waals surface area contributed by atoms with Gasteiger partial charge in [0.15, 0.2) is 5.78 Å². The SMILES string of the molecule is COc1ccc(NN=CC(=O)CSc2cccc(Cl)c2)cc1. The minimum absolute atomic E-state index is 0.0778. The lowest BCUT2D eigenvalue weighted by molar-refractivity contribution is -0.110. The van der Waals surface area contributed by atoms with Crippen molar-refractivity contribution in [1.29, 1.82) is 0 Å². The second kappa shape index (κ2) is 8.46. The van der Waals surface area contributed by atoms with Gasteiger partial charge in [0.05, 0.1) is 24.8 Å². The van der Waals surface area contributed by atoms with Crippen LogP contribution in [0.3, 0.4) is 0 Å². The van der Waals surface area contributed by atoms with Crippen molar-refractivity contribution in [3.05, 3.63) is 53.6 Å². The predicted octanol–water partition coefficient (Wildman–Crippen LogP) is 4.11. The summed E-state index contributed by atoms with van der Waals surface area (Å²) in [5.41, 5.74) is 3.58. The van der Waals surface area contributed by atoms with Gasteiger partial charge in [-0.1, -0.05) is 17.7 Å². The zero-order chi connectivity index (χ0) is 15.8. The molecule has 0 aliphatic rings. The van der Waals surface area contributed by atoms with Crippen molar-refractivity contribution in [3.8, 4) is 5.75 Å². The van der Waals surface area contributed by atoms with Gasteiger partial charge in [0.1, 0.15) is 5.75 Å². The molecule has 0 bridgehead atoms. The van der Waals surface area contributed by atoms with Crippen LogP contribution in [-0.2, 0) is 4.79 Å². The minimum Gasteiger partial charge on any atom is -0.497 e. The molecule has 4 nitrogen and oxygen atoms in total. The topological polar surface area (TPSA) is 50.7 Å². The van der Waals surface area contributed by atoms with E-state index in [1.54, 1.807) is 13.2 Å². The standard InChI is InChI=1S/C16H15ClN2O2S/c1-21-15-7-5-13(6-8-15)19-18-10-14(20)11-22-16-4-2-3-12(17)9-16/h2-10,19H,11H2,1H3. The van der Waals surface area contributed by atoms with E-state index < -0.39 is 0 Å². The monoisotopic (exact) mass is 334 g/mol. The number of ether oxygens (including phenoxy) is 1. The molecule has 0 aromatic heterocycles. The number of nitrogens with zero attached hydrogens (tertiary/aromatic N) is 1. The van der Waals surface area contributed by atoms with Gasteiger partial charge in [-0.25, -0.2) is 0 Å². The number of carbonyl (C=O) groups is 1. The van der Waals surface area contributed by atoms with Crippen molar-refractivity contribution in [1.82, 2.24) is 0 Å². The molecule has 0 spiro atoms. The number of thioether (sulfide) groups is 1. The third-order valence-corrected chi connectivity index (χ3v) is 3.92. The summed E-state index contributed by atoms with van der Waals surface area (Å²) < 4.78 is 5.06.